The molecule has 0 aromatic carbocycles. The molecule has 1 saturated heterocycles. The highest BCUT2D eigenvalue weighted by Gasteiger charge is 2.40. The Balaban J connectivity index is 2.37. The SMILES string of the molecule is NCCCCNC(=O)[C@H](CCCCN)NC(=O)/C(=C/CCN=C(N)N)NC(=O)[C@H](CCCCN)NC(=O)C(Cc1cnc[nH]1)NC(=O)[C@@H]1CCCN1C(=O)[C@@H](CCCN)NC(=O)CNC(=O)[C@@H](NC(=O)C(CCN)NC(=O)C(N)CCCCN)[C@@H](O)CN. The molecule has 0 radical (unpaired) electrons. The molecule has 31 N–H and O–H groups in total. The van der Waals surface area contributed by atoms with Crippen LogP contribution in [0.1, 0.15) is 115 Å². The second-order valence-electron chi connectivity index (χ2n) is 21.3. The Kier molecular flexibility index (Phi) is 38.4. The molecule has 1 aliphatic heterocycles. The zero-order valence-corrected chi connectivity index (χ0v) is 50.6. The third kappa shape index (κ3) is 29.0. The van der Waals surface area contributed by atoms with Crippen LogP contribution in [-0.2, 0) is 54.4 Å². The first-order chi connectivity index (χ1) is 42.2. The van der Waals surface area contributed by atoms with E-state index in [2.05, 4.69) is 62.8 Å². The van der Waals surface area contributed by atoms with Crippen LogP contribution in [0.15, 0.2) is 29.3 Å². The van der Waals surface area contributed by atoms with Gasteiger partial charge in [-0.25, -0.2) is 4.98 Å². The summed E-state index contributed by atoms with van der Waals surface area (Å²) in [7, 11) is 0. The lowest BCUT2D eigenvalue weighted by Gasteiger charge is -2.30. The number of nitrogens with zero attached hydrogens (tertiary/aromatic N) is 3. The van der Waals surface area contributed by atoms with Gasteiger partial charge in [0.25, 0.3) is 5.91 Å². The highest BCUT2D eigenvalue weighted by atomic mass is 16.3. The van der Waals surface area contributed by atoms with Gasteiger partial charge in [0.2, 0.25) is 53.2 Å². The number of aliphatic hydroxyl groups is 1. The Morgan fingerprint density at radius 2 is 1.23 bits per heavy atom. The van der Waals surface area contributed by atoms with Gasteiger partial charge in [0.1, 0.15) is 48.0 Å². The van der Waals surface area contributed by atoms with Crippen molar-refractivity contribution < 1.29 is 53.1 Å². The molecular formula is C54H101N23O11. The normalized spacial score (nSPS) is 15.8. The number of likely N-dealkylation sites (tertiary alicyclic amines) is 1. The number of imidazole rings is 1. The smallest absolute Gasteiger partial charge is 0.268 e. The highest BCUT2D eigenvalue weighted by molar-refractivity contribution is 6.02. The van der Waals surface area contributed by atoms with Gasteiger partial charge >= 0.3 is 0 Å². The number of rotatable bonds is 46. The molecule has 9 atom stereocenters. The number of carbonyl (C=O) groups is 10. The van der Waals surface area contributed by atoms with Crippen molar-refractivity contribution in [2.45, 2.75) is 170 Å². The molecule has 1 aromatic rings. The number of aromatic nitrogens is 2. The van der Waals surface area contributed by atoms with Crippen molar-refractivity contribution in [1.82, 2.24) is 62.7 Å². The summed E-state index contributed by atoms with van der Waals surface area (Å²) in [5, 5.41) is 34.1. The molecular weight excluding hydrogens is 1150 g/mol. The summed E-state index contributed by atoms with van der Waals surface area (Å²) in [4.78, 5) is 151. The third-order valence-corrected chi connectivity index (χ3v) is 14.2. The van der Waals surface area contributed by atoms with Crippen molar-refractivity contribution in [2.75, 3.05) is 72.0 Å². The van der Waals surface area contributed by atoms with Crippen molar-refractivity contribution in [1.29, 1.82) is 0 Å². The molecule has 88 heavy (non-hydrogen) atoms. The number of guanidine groups is 1. The van der Waals surface area contributed by atoms with Gasteiger partial charge in [-0.05, 0) is 142 Å². The first-order valence-electron chi connectivity index (χ1n) is 30.3. The Labute approximate surface area is 513 Å². The quantitative estimate of drug-likeness (QED) is 0.0125. The first-order valence-corrected chi connectivity index (χ1v) is 30.3. The number of H-pyrrole nitrogens is 1. The summed E-state index contributed by atoms with van der Waals surface area (Å²) in [5.74, 6) is -8.01. The van der Waals surface area contributed by atoms with Crippen molar-refractivity contribution in [3.8, 4) is 0 Å². The highest BCUT2D eigenvalue weighted by Crippen LogP contribution is 2.21. The molecule has 0 aliphatic carbocycles. The second-order valence-corrected chi connectivity index (χ2v) is 21.3. The van der Waals surface area contributed by atoms with Gasteiger partial charge in [-0.15, -0.1) is 0 Å². The minimum absolute atomic E-state index is 0.00296. The maximum atomic E-state index is 14.5. The van der Waals surface area contributed by atoms with Gasteiger partial charge in [-0.2, -0.15) is 0 Å². The zero-order valence-electron chi connectivity index (χ0n) is 50.6. The lowest BCUT2D eigenvalue weighted by molar-refractivity contribution is -0.142. The molecule has 2 heterocycles. The van der Waals surface area contributed by atoms with E-state index in [4.69, 9.17) is 57.3 Å². The van der Waals surface area contributed by atoms with Crippen LogP contribution in [0, 0.1) is 0 Å². The van der Waals surface area contributed by atoms with E-state index in [0.29, 0.717) is 96.1 Å². The molecule has 34 nitrogen and oxygen atoms in total. The van der Waals surface area contributed by atoms with Crippen LogP contribution in [-0.4, -0.2) is 211 Å². The average molecular weight is 1250 g/mol. The lowest BCUT2D eigenvalue weighted by atomic mass is 10.0. The summed E-state index contributed by atoms with van der Waals surface area (Å²) in [6.07, 6.45) is 7.93. The minimum Gasteiger partial charge on any atom is -0.389 e. The summed E-state index contributed by atoms with van der Waals surface area (Å²) in [6, 6.07) is -10.1. The molecule has 0 spiro atoms. The van der Waals surface area contributed by atoms with Crippen LogP contribution in [0.4, 0.5) is 0 Å². The largest absolute Gasteiger partial charge is 0.389 e. The molecule has 0 bridgehead atoms. The van der Waals surface area contributed by atoms with E-state index in [9.17, 15) is 53.1 Å². The summed E-state index contributed by atoms with van der Waals surface area (Å²) in [6.45, 7) is 0.633. The number of aromatic amines is 1. The number of nitrogens with one attached hydrogen (secondary N) is 10. The fourth-order valence-corrected chi connectivity index (χ4v) is 9.24. The Bertz CT molecular complexity index is 2380. The van der Waals surface area contributed by atoms with E-state index >= 15 is 0 Å². The van der Waals surface area contributed by atoms with Crippen molar-refractivity contribution in [3.05, 3.63) is 30.0 Å². The molecule has 1 fully saturated rings. The number of unbranched alkanes of at least 4 members (excludes halogenated alkanes) is 4. The number of hydrogen-bond donors (Lipinski definition) is 21. The van der Waals surface area contributed by atoms with Crippen LogP contribution in [0.2, 0.25) is 0 Å². The number of aliphatic hydroxyl groups excluding tert-OH is 1. The van der Waals surface area contributed by atoms with Crippen LogP contribution < -0.4 is 105 Å². The second kappa shape index (κ2) is 44.1. The third-order valence-electron chi connectivity index (χ3n) is 14.2. The summed E-state index contributed by atoms with van der Waals surface area (Å²) >= 11 is 0. The molecule has 498 valence electrons. The van der Waals surface area contributed by atoms with Crippen molar-refractivity contribution in [3.63, 3.8) is 0 Å². The topological polar surface area (TPSA) is 604 Å². The van der Waals surface area contributed by atoms with Gasteiger partial charge in [-0.3, -0.25) is 52.9 Å². The van der Waals surface area contributed by atoms with E-state index in [1.807, 2.05) is 0 Å². The molecule has 2 rings (SSSR count). The standard InChI is InChI=1S/C54H101N23O11/c55-19-4-1-12-34(62)45(80)71-38(18-24-60)49(84)76-44(42(78)29-61)52(87)68-31-43(79)70-39(15-9-23-59)53(88)77-27-11-17-41(77)51(86)75-40(28-33-30-65-32-69-33)50(85)74-36(14-3-6-21-57)47(82)73-37(16-10-26-67-54(63)64)48(83)72-35(13-2-5-20-56)46(81)66-25-8-7-22-58/h16,30,32,34-36,38-42,44,78H,1-15,17-29,31,55-62H2,(H,65,69)(H,66,81)(H,68,87)(H,70,79)(H,71,80)(H,72,83)(H,73,82)(H,74,85)(H,75,86)(H,76,84)(H4,63,64,67)/b37-16-/t34?,35-,36-,38?,39+,40?,41-,42-,44-/m0/s1. The van der Waals surface area contributed by atoms with E-state index in [0.717, 1.165) is 0 Å². The van der Waals surface area contributed by atoms with Crippen molar-refractivity contribution >= 4 is 65.0 Å². The maximum Gasteiger partial charge on any atom is 0.268 e. The Morgan fingerprint density at radius 1 is 0.636 bits per heavy atom. The van der Waals surface area contributed by atoms with Gasteiger partial charge < -0.3 is 120 Å². The van der Waals surface area contributed by atoms with E-state index in [1.165, 1.54) is 23.5 Å². The average Bonchev–Trinajstić information content (AvgIpc) is 2.93. The fraction of sp³-hybridized carbons (Fsp3) is 0.704. The number of amides is 10. The van der Waals surface area contributed by atoms with Gasteiger partial charge in [0, 0.05) is 44.5 Å². The lowest BCUT2D eigenvalue weighted by Crippen LogP contribution is -2.61. The number of aliphatic imine (C=N–C) groups is 1. The molecule has 0 saturated carbocycles. The van der Waals surface area contributed by atoms with Gasteiger partial charge in [-0.1, -0.05) is 12.5 Å². The van der Waals surface area contributed by atoms with E-state index in [1.54, 1.807) is 0 Å². The predicted molar refractivity (Wildman–Crippen MR) is 328 cm³/mol. The van der Waals surface area contributed by atoms with Crippen LogP contribution >= 0.6 is 0 Å². The number of nitrogens with two attached hydrogens (primary N) is 10. The molecule has 10 amide bonds. The van der Waals surface area contributed by atoms with Gasteiger partial charge in [0.05, 0.1) is 25.0 Å². The number of carbonyl (C=O) groups excluding carboxylic acids is 10. The maximum absolute atomic E-state index is 14.5. The zero-order chi connectivity index (χ0) is 65.4. The minimum atomic E-state index is -1.71. The fourth-order valence-electron chi connectivity index (χ4n) is 9.24. The summed E-state index contributed by atoms with van der Waals surface area (Å²) in [5.41, 5.74) is 57.1. The number of hydrogen-bond acceptors (Lipinski definition) is 21. The molecule has 34 heteroatoms. The predicted octanol–water partition coefficient (Wildman–Crippen LogP) is -8.39. The Hall–Kier alpha value is -7.44. The Morgan fingerprint density at radius 3 is 1.83 bits per heavy atom. The van der Waals surface area contributed by atoms with E-state index < -0.39 is 127 Å². The van der Waals surface area contributed by atoms with Crippen molar-refractivity contribution in [2.24, 2.45) is 62.3 Å². The summed E-state index contributed by atoms with van der Waals surface area (Å²) < 4.78 is 0. The molecule has 3 unspecified atom stereocenters. The molecule has 1 aromatic heterocycles. The molecule has 1 aliphatic rings. The monoisotopic (exact) mass is 1250 g/mol. The van der Waals surface area contributed by atoms with Gasteiger partial charge in [0.15, 0.2) is 5.96 Å². The first kappa shape index (κ1) is 76.7. The van der Waals surface area contributed by atoms with Crippen LogP contribution in [0.5, 0.6) is 0 Å². The van der Waals surface area contributed by atoms with E-state index in [-0.39, 0.29) is 95.7 Å². The van der Waals surface area contributed by atoms with Crippen LogP contribution in [0.3, 0.4) is 0 Å². The van der Waals surface area contributed by atoms with Crippen LogP contribution in [0.25, 0.3) is 0 Å².